The highest BCUT2D eigenvalue weighted by atomic mass is 127. The molecule has 10 heteroatoms. The summed E-state index contributed by atoms with van der Waals surface area (Å²) in [4.78, 5) is 6.72. The fraction of sp³-hybridized carbons (Fsp3) is 0.238. The van der Waals surface area contributed by atoms with Crippen molar-refractivity contribution in [2.75, 3.05) is 0 Å². The van der Waals surface area contributed by atoms with Crippen LogP contribution in [0.5, 0.6) is 0 Å². The summed E-state index contributed by atoms with van der Waals surface area (Å²) in [5.41, 5.74) is -1.03. The van der Waals surface area contributed by atoms with Crippen LogP contribution in [-0.4, -0.2) is 25.2 Å². The van der Waals surface area contributed by atoms with Gasteiger partial charge in [0.15, 0.2) is 5.82 Å². The van der Waals surface area contributed by atoms with Gasteiger partial charge < -0.3 is 10.1 Å². The molecule has 5 nitrogen and oxygen atoms in total. The quantitative estimate of drug-likeness (QED) is 0.307. The van der Waals surface area contributed by atoms with E-state index in [4.69, 9.17) is 5.26 Å². The number of halogens is 4. The van der Waals surface area contributed by atoms with E-state index in [9.17, 15) is 18.3 Å². The predicted octanol–water partition coefficient (Wildman–Crippen LogP) is 5.90. The first-order valence-electron chi connectivity index (χ1n) is 9.28. The SMILES string of the molecule is CCc1cc(C)c2c(ccn2SI)c1C(O)(c1nc2cc(C#N)ccc2[nH]1)C(F)(F)F. The Morgan fingerprint density at radius 1 is 1.29 bits per heavy atom. The molecule has 4 aromatic rings. The summed E-state index contributed by atoms with van der Waals surface area (Å²) in [7, 11) is 1.33. The normalized spacial score (nSPS) is 14.1. The predicted molar refractivity (Wildman–Crippen MR) is 123 cm³/mol. The molecule has 31 heavy (non-hydrogen) atoms. The minimum Gasteiger partial charge on any atom is -0.370 e. The third-order valence-corrected chi connectivity index (χ3v) is 7.12. The lowest BCUT2D eigenvalue weighted by atomic mass is 9.83. The number of nitrogens with one attached hydrogen (secondary N) is 1. The van der Waals surface area contributed by atoms with Crippen molar-refractivity contribution in [3.05, 3.63) is 64.6 Å². The van der Waals surface area contributed by atoms with Crippen molar-refractivity contribution in [2.24, 2.45) is 0 Å². The smallest absolute Gasteiger partial charge is 0.370 e. The number of aromatic nitrogens is 3. The van der Waals surface area contributed by atoms with E-state index in [0.29, 0.717) is 28.4 Å². The minimum atomic E-state index is -5.05. The maximum absolute atomic E-state index is 14.6. The maximum Gasteiger partial charge on any atom is 0.428 e. The Bertz CT molecular complexity index is 1350. The lowest BCUT2D eigenvalue weighted by Crippen LogP contribution is -2.45. The molecule has 1 unspecified atom stereocenters. The van der Waals surface area contributed by atoms with Gasteiger partial charge in [-0.3, -0.25) is 3.97 Å². The van der Waals surface area contributed by atoms with Gasteiger partial charge in [0.2, 0.25) is 5.60 Å². The number of fused-ring (bicyclic) bond motifs is 2. The van der Waals surface area contributed by atoms with Crippen molar-refractivity contribution < 1.29 is 18.3 Å². The third kappa shape index (κ3) is 3.30. The van der Waals surface area contributed by atoms with Gasteiger partial charge in [-0.25, -0.2) is 4.98 Å². The zero-order valence-corrected chi connectivity index (χ0v) is 19.4. The number of alkyl halides is 3. The van der Waals surface area contributed by atoms with Crippen LogP contribution in [0.15, 0.2) is 36.5 Å². The maximum atomic E-state index is 14.6. The highest BCUT2D eigenvalue weighted by molar-refractivity contribution is 14.2. The molecule has 0 saturated heterocycles. The summed E-state index contributed by atoms with van der Waals surface area (Å²) >= 11 is 2.06. The average Bonchev–Trinajstić information content (AvgIpc) is 3.36. The van der Waals surface area contributed by atoms with Crippen molar-refractivity contribution in [3.63, 3.8) is 0 Å². The van der Waals surface area contributed by atoms with Crippen molar-refractivity contribution in [1.82, 2.24) is 13.9 Å². The van der Waals surface area contributed by atoms with E-state index in [0.717, 1.165) is 5.56 Å². The molecule has 0 saturated carbocycles. The lowest BCUT2D eigenvalue weighted by Gasteiger charge is -2.32. The van der Waals surface area contributed by atoms with E-state index >= 15 is 0 Å². The first kappa shape index (κ1) is 22.0. The molecule has 0 spiro atoms. The molecule has 0 amide bonds. The van der Waals surface area contributed by atoms with E-state index in [1.807, 2.05) is 13.0 Å². The Kier molecular flexibility index (Phi) is 5.47. The summed E-state index contributed by atoms with van der Waals surface area (Å²) in [6, 6.07) is 9.58. The summed E-state index contributed by atoms with van der Waals surface area (Å²) < 4.78 is 45.6. The molecule has 2 aromatic heterocycles. The first-order valence-corrected chi connectivity index (χ1v) is 12.6. The highest BCUT2D eigenvalue weighted by Crippen LogP contribution is 2.48. The van der Waals surface area contributed by atoms with E-state index < -0.39 is 17.6 Å². The zero-order valence-electron chi connectivity index (χ0n) is 16.4. The molecule has 0 radical (unpaired) electrons. The van der Waals surface area contributed by atoms with Gasteiger partial charge in [0, 0.05) is 47.5 Å². The molecule has 0 aliphatic heterocycles. The van der Waals surface area contributed by atoms with Crippen LogP contribution in [0.1, 0.15) is 35.0 Å². The number of benzene rings is 2. The number of aromatic amines is 1. The summed E-state index contributed by atoms with van der Waals surface area (Å²) in [6.45, 7) is 3.59. The molecule has 0 fully saturated rings. The number of hydrogen-bond donors (Lipinski definition) is 2. The number of aliphatic hydroxyl groups is 1. The number of hydrogen-bond acceptors (Lipinski definition) is 4. The highest BCUT2D eigenvalue weighted by Gasteiger charge is 2.60. The van der Waals surface area contributed by atoms with Gasteiger partial charge >= 0.3 is 6.18 Å². The second kappa shape index (κ2) is 7.72. The van der Waals surface area contributed by atoms with Crippen LogP contribution in [0, 0.1) is 18.3 Å². The Hall–Kier alpha value is -2.23. The molecule has 1 atom stereocenters. The molecule has 0 aliphatic rings. The summed E-state index contributed by atoms with van der Waals surface area (Å²) in [5.74, 6) is -0.625. The number of aryl methyl sites for hydroxylation is 2. The van der Waals surface area contributed by atoms with Gasteiger partial charge in [0.05, 0.1) is 28.2 Å². The van der Waals surface area contributed by atoms with E-state index in [2.05, 4.69) is 31.2 Å². The molecule has 0 bridgehead atoms. The number of H-pyrrole nitrogens is 1. The average molecular weight is 556 g/mol. The van der Waals surface area contributed by atoms with E-state index in [1.165, 1.54) is 27.3 Å². The molecule has 4 rings (SSSR count). The van der Waals surface area contributed by atoms with Crippen LogP contribution < -0.4 is 0 Å². The number of nitriles is 1. The molecule has 2 N–H and O–H groups in total. The Morgan fingerprint density at radius 3 is 2.65 bits per heavy atom. The van der Waals surface area contributed by atoms with Crippen LogP contribution in [0.4, 0.5) is 13.2 Å². The minimum absolute atomic E-state index is 0.179. The monoisotopic (exact) mass is 556 g/mol. The molecule has 0 aliphatic carbocycles. The number of imidazole rings is 1. The van der Waals surface area contributed by atoms with E-state index in [-0.39, 0.29) is 16.6 Å². The van der Waals surface area contributed by atoms with Gasteiger partial charge in [0.1, 0.15) is 0 Å². The Labute approximate surface area is 192 Å². The molecule has 2 aromatic carbocycles. The van der Waals surface area contributed by atoms with Gasteiger partial charge in [-0.05, 0) is 48.7 Å². The standard InChI is InChI=1S/C21H16F3IN4OS/c1-3-13-8-11(2)18-14(6-7-29(18)31-25)17(13)20(30,21(22,23)24)19-27-15-5-4-12(10-26)9-16(15)28-19/h4-9,30H,3H2,1-2H3,(H,27,28). The first-order chi connectivity index (χ1) is 14.6. The molecular formula is C21H16F3IN4OS. The van der Waals surface area contributed by atoms with Crippen molar-refractivity contribution in [2.45, 2.75) is 32.0 Å². The zero-order chi connectivity index (χ0) is 22.6. The fourth-order valence-corrected chi connectivity index (χ4v) is 5.38. The van der Waals surface area contributed by atoms with Crippen molar-refractivity contribution >= 4 is 52.3 Å². The van der Waals surface area contributed by atoms with Crippen molar-refractivity contribution in [3.8, 4) is 6.07 Å². The molecule has 160 valence electrons. The summed E-state index contributed by atoms with van der Waals surface area (Å²) in [6.07, 6.45) is -3.07. The fourth-order valence-electron chi connectivity index (χ4n) is 3.98. The van der Waals surface area contributed by atoms with Gasteiger partial charge in [-0.15, -0.1) is 0 Å². The van der Waals surface area contributed by atoms with Crippen molar-refractivity contribution in [1.29, 1.82) is 5.26 Å². The third-order valence-electron chi connectivity index (χ3n) is 5.39. The van der Waals surface area contributed by atoms with E-state index in [1.54, 1.807) is 29.2 Å². The van der Waals surface area contributed by atoms with Crippen LogP contribution in [-0.2, 0) is 12.0 Å². The Morgan fingerprint density at radius 2 is 2.03 bits per heavy atom. The molecule has 2 heterocycles. The van der Waals surface area contributed by atoms with Gasteiger partial charge in [-0.2, -0.15) is 18.4 Å². The second-order valence-corrected chi connectivity index (χ2v) is 8.90. The Balaban J connectivity index is 2.11. The molecular weight excluding hydrogens is 540 g/mol. The largest absolute Gasteiger partial charge is 0.428 e. The number of rotatable bonds is 4. The van der Waals surface area contributed by atoms with Gasteiger partial charge in [-0.1, -0.05) is 13.0 Å². The van der Waals surface area contributed by atoms with Gasteiger partial charge in [0.25, 0.3) is 0 Å². The second-order valence-electron chi connectivity index (χ2n) is 7.19. The van der Waals surface area contributed by atoms with Crippen LogP contribution >= 0.6 is 30.3 Å². The van der Waals surface area contributed by atoms with Crippen LogP contribution in [0.25, 0.3) is 21.9 Å². The lowest BCUT2D eigenvalue weighted by molar-refractivity contribution is -0.250. The number of nitrogens with zero attached hydrogens (tertiary/aromatic N) is 3. The summed E-state index contributed by atoms with van der Waals surface area (Å²) in [5, 5.41) is 20.8. The van der Waals surface area contributed by atoms with Crippen LogP contribution in [0.3, 0.4) is 0 Å². The van der Waals surface area contributed by atoms with Crippen LogP contribution in [0.2, 0.25) is 0 Å². The topological polar surface area (TPSA) is 77.6 Å².